The fourth-order valence-corrected chi connectivity index (χ4v) is 0.102. The summed E-state index contributed by atoms with van der Waals surface area (Å²) in [4.78, 5) is 11.2. The minimum Gasteiger partial charge on any atom is -0.662 e. The van der Waals surface area contributed by atoms with E-state index in [1.807, 2.05) is 7.05 Å². The van der Waals surface area contributed by atoms with Crippen LogP contribution in [0.15, 0.2) is 0 Å². The third kappa shape index (κ3) is 155. The summed E-state index contributed by atoms with van der Waals surface area (Å²) in [5, 5.41) is 11.9. The molecular formula is C9H16BrN2Na2O3. The van der Waals surface area contributed by atoms with Gasteiger partial charge in [0.1, 0.15) is 0 Å². The van der Waals surface area contributed by atoms with E-state index in [9.17, 15) is 0 Å². The summed E-state index contributed by atoms with van der Waals surface area (Å²) in [6.07, 6.45) is 9.56. The second-order valence-electron chi connectivity index (χ2n) is 1.26. The predicted octanol–water partition coefficient (Wildman–Crippen LogP) is -4.51. The molecule has 0 spiro atoms. The van der Waals surface area contributed by atoms with Crippen LogP contribution in [-0.4, -0.2) is 62.0 Å². The monoisotopic (exact) mass is 325 g/mol. The molecule has 0 aliphatic carbocycles. The van der Waals surface area contributed by atoms with Gasteiger partial charge in [-0.2, -0.15) is 0 Å². The number of hydrogen-bond donors (Lipinski definition) is 2. The Labute approximate surface area is 156 Å². The zero-order valence-corrected chi connectivity index (χ0v) is 16.4. The molecule has 0 aromatic heterocycles. The van der Waals surface area contributed by atoms with Crippen molar-refractivity contribution in [2.45, 2.75) is 0 Å². The molecule has 0 aliphatic heterocycles. The maximum Gasteiger partial charge on any atom is 1.00 e. The zero-order valence-electron chi connectivity index (χ0n) is 10.8. The quantitative estimate of drug-likeness (QED) is 0.133. The van der Waals surface area contributed by atoms with Crippen LogP contribution in [0.5, 0.6) is 0 Å². The molecule has 5 nitrogen and oxygen atoms in total. The number of terminal acetylenes is 2. The molecule has 3 N–H and O–H groups in total. The molecule has 0 atom stereocenters. The van der Waals surface area contributed by atoms with Gasteiger partial charge in [-0.1, -0.05) is 27.8 Å². The SMILES string of the molecule is C#CCBr.C#CCNC.CN.O=CO[O-].[Na+].[Na]. The van der Waals surface area contributed by atoms with Crippen molar-refractivity contribution < 1.29 is 44.5 Å². The first-order valence-corrected chi connectivity index (χ1v) is 4.74. The van der Waals surface area contributed by atoms with Gasteiger partial charge in [-0.15, -0.1) is 12.8 Å². The van der Waals surface area contributed by atoms with Crippen LogP contribution in [-0.2, 0) is 9.68 Å². The van der Waals surface area contributed by atoms with Crippen LogP contribution >= 0.6 is 15.9 Å². The van der Waals surface area contributed by atoms with Gasteiger partial charge >= 0.3 is 29.6 Å². The summed E-state index contributed by atoms with van der Waals surface area (Å²) >= 11 is 3.01. The smallest absolute Gasteiger partial charge is 0.662 e. The number of carbonyl (C=O) groups excluding carboxylic acids is 1. The van der Waals surface area contributed by atoms with E-state index in [4.69, 9.17) is 22.9 Å². The number of hydrogen-bond acceptors (Lipinski definition) is 5. The molecule has 0 fully saturated rings. The number of alkyl halides is 1. The van der Waals surface area contributed by atoms with Crippen molar-refractivity contribution >= 4 is 52.0 Å². The van der Waals surface area contributed by atoms with Gasteiger partial charge in [0.05, 0.1) is 11.9 Å². The third-order valence-electron chi connectivity index (χ3n) is 0.395. The average molecular weight is 326 g/mol. The fraction of sp³-hybridized carbons (Fsp3) is 0.444. The first kappa shape index (κ1) is 36.1. The van der Waals surface area contributed by atoms with Crippen molar-refractivity contribution in [3.63, 3.8) is 0 Å². The Bertz CT molecular complexity index is 173. The molecule has 0 rings (SSSR count). The van der Waals surface area contributed by atoms with Crippen LogP contribution in [0.1, 0.15) is 0 Å². The Morgan fingerprint density at radius 1 is 1.47 bits per heavy atom. The largest absolute Gasteiger partial charge is 1.00 e. The Morgan fingerprint density at radius 2 is 1.76 bits per heavy atom. The molecule has 0 aromatic carbocycles. The second kappa shape index (κ2) is 68.2. The molecule has 0 unspecified atom stereocenters. The van der Waals surface area contributed by atoms with Crippen LogP contribution in [0, 0.1) is 24.7 Å². The summed E-state index contributed by atoms with van der Waals surface area (Å²) in [5.41, 5.74) is 4.50. The first-order chi connectivity index (χ1) is 7.24. The normalized spacial score (nSPS) is 4.65. The van der Waals surface area contributed by atoms with Gasteiger partial charge in [0.15, 0.2) is 0 Å². The van der Waals surface area contributed by atoms with E-state index in [0.29, 0.717) is 11.9 Å². The van der Waals surface area contributed by atoms with Gasteiger partial charge < -0.3 is 21.2 Å². The molecule has 0 amide bonds. The molecule has 0 aromatic rings. The maximum absolute atomic E-state index is 8.64. The minimum absolute atomic E-state index is 0. The zero-order chi connectivity index (χ0) is 12.9. The van der Waals surface area contributed by atoms with Crippen LogP contribution in [0.4, 0.5) is 0 Å². The summed E-state index contributed by atoms with van der Waals surface area (Å²) in [6, 6.07) is 0. The third-order valence-corrected chi connectivity index (χ3v) is 0.719. The van der Waals surface area contributed by atoms with Crippen molar-refractivity contribution in [2.24, 2.45) is 5.73 Å². The average Bonchev–Trinajstić information content (AvgIpc) is 2.33. The van der Waals surface area contributed by atoms with Gasteiger partial charge in [-0.25, -0.2) is 0 Å². The van der Waals surface area contributed by atoms with Crippen molar-refractivity contribution in [3.8, 4) is 24.7 Å². The Balaban J connectivity index is -0.0000000237. The number of rotatable bonds is 2. The van der Waals surface area contributed by atoms with Gasteiger partial charge in [0, 0.05) is 29.6 Å². The molecule has 0 aliphatic rings. The van der Waals surface area contributed by atoms with E-state index in [0.717, 1.165) is 0 Å². The Hall–Kier alpha value is 0.950. The summed E-state index contributed by atoms with van der Waals surface area (Å²) < 4.78 is 0. The molecule has 0 saturated heterocycles. The molecule has 0 bridgehead atoms. The van der Waals surface area contributed by atoms with Gasteiger partial charge in [0.25, 0.3) is 6.47 Å². The van der Waals surface area contributed by atoms with E-state index in [2.05, 4.69) is 43.7 Å². The number of carbonyl (C=O) groups is 1. The van der Waals surface area contributed by atoms with Gasteiger partial charge in [0.2, 0.25) is 0 Å². The fourth-order valence-electron chi connectivity index (χ4n) is 0.102. The van der Waals surface area contributed by atoms with Crippen LogP contribution < -0.4 is 45.9 Å². The van der Waals surface area contributed by atoms with E-state index in [1.54, 1.807) is 0 Å². The van der Waals surface area contributed by atoms with E-state index < -0.39 is 0 Å². The molecular weight excluding hydrogens is 310 g/mol. The summed E-state index contributed by atoms with van der Waals surface area (Å²) in [7, 11) is 3.32. The maximum atomic E-state index is 8.64. The molecule has 1 radical (unpaired) electrons. The number of halogens is 1. The van der Waals surface area contributed by atoms with Crippen molar-refractivity contribution in [1.82, 2.24) is 5.32 Å². The van der Waals surface area contributed by atoms with Crippen LogP contribution in [0.2, 0.25) is 0 Å². The first-order valence-electron chi connectivity index (χ1n) is 3.62. The van der Waals surface area contributed by atoms with Crippen molar-refractivity contribution in [1.29, 1.82) is 0 Å². The molecule has 0 saturated carbocycles. The molecule has 0 heterocycles. The van der Waals surface area contributed by atoms with Crippen molar-refractivity contribution in [2.75, 3.05) is 26.0 Å². The van der Waals surface area contributed by atoms with Crippen molar-refractivity contribution in [3.05, 3.63) is 0 Å². The topological polar surface area (TPSA) is 87.4 Å². The number of nitrogens with one attached hydrogen (secondary N) is 1. The van der Waals surface area contributed by atoms with Gasteiger partial charge in [-0.3, -0.25) is 4.79 Å². The Morgan fingerprint density at radius 3 is 1.76 bits per heavy atom. The standard InChI is InChI=1S/C4H7N.C3H3Br.CH5N.CH2O3.2Na/c1-3-4-5-2;1-2-3-4;1-2;2-1-4-3;;/h1,5H,4H2,2H3;1H,3H2;2H2,1H3;1,3H;;/q;;;;;+1/p-1. The van der Waals surface area contributed by atoms with Crippen LogP contribution in [0.3, 0.4) is 0 Å². The van der Waals surface area contributed by atoms with Gasteiger partial charge in [-0.05, 0) is 14.1 Å². The van der Waals surface area contributed by atoms with E-state index in [-0.39, 0.29) is 65.6 Å². The molecule has 8 heteroatoms. The molecule has 17 heavy (non-hydrogen) atoms. The van der Waals surface area contributed by atoms with E-state index >= 15 is 0 Å². The minimum atomic E-state index is -0.181. The van der Waals surface area contributed by atoms with Crippen LogP contribution in [0.25, 0.3) is 0 Å². The van der Waals surface area contributed by atoms with E-state index in [1.165, 1.54) is 7.05 Å². The summed E-state index contributed by atoms with van der Waals surface area (Å²) in [6.45, 7) is 0.486. The Kier molecular flexibility index (Phi) is 145. The predicted molar refractivity (Wildman–Crippen MR) is 68.4 cm³/mol. The second-order valence-corrected chi connectivity index (χ2v) is 1.83. The molecule has 89 valence electrons. The number of nitrogens with two attached hydrogens (primary N) is 1. The summed E-state index contributed by atoms with van der Waals surface area (Å²) in [5.74, 6) is 4.75.